The number of nitro benzene ring substituents is 1. The lowest BCUT2D eigenvalue weighted by atomic mass is 10.1. The highest BCUT2D eigenvalue weighted by Crippen LogP contribution is 2.22. The summed E-state index contributed by atoms with van der Waals surface area (Å²) >= 11 is 0. The normalized spacial score (nSPS) is 11.1. The Morgan fingerprint density at radius 2 is 1.93 bits per heavy atom. The Labute approximate surface area is 169 Å². The molecule has 2 aromatic carbocycles. The summed E-state index contributed by atoms with van der Waals surface area (Å²) in [5.41, 5.74) is 1.14. The van der Waals surface area contributed by atoms with Crippen molar-refractivity contribution in [2.24, 2.45) is 0 Å². The van der Waals surface area contributed by atoms with Gasteiger partial charge < -0.3 is 13.8 Å². The summed E-state index contributed by atoms with van der Waals surface area (Å²) in [6, 6.07) is 10.7. The molecule has 0 atom stereocenters. The van der Waals surface area contributed by atoms with E-state index in [4.69, 9.17) is 8.92 Å². The molecule has 0 spiro atoms. The minimum absolute atomic E-state index is 0.133. The fraction of sp³-hybridized carbons (Fsp3) is 0.316. The predicted octanol–water partition coefficient (Wildman–Crippen LogP) is 2.53. The molecule has 0 heterocycles. The van der Waals surface area contributed by atoms with Gasteiger partial charge in [-0.2, -0.15) is 8.42 Å². The summed E-state index contributed by atoms with van der Waals surface area (Å²) in [4.78, 5) is 25.1. The zero-order valence-corrected chi connectivity index (χ0v) is 17.1. The fourth-order valence-corrected chi connectivity index (χ4v) is 3.12. The SMILES string of the molecule is COCCN(Cc1cccc(OS(C)(=O)=O)c1)C(=O)c1ccc(C)c([N+](=O)[O-])c1. The zero-order chi connectivity index (χ0) is 21.6. The van der Waals surface area contributed by atoms with E-state index >= 15 is 0 Å². The van der Waals surface area contributed by atoms with Crippen LogP contribution in [0.15, 0.2) is 42.5 Å². The Hall–Kier alpha value is -2.98. The van der Waals surface area contributed by atoms with E-state index in [1.165, 1.54) is 42.3 Å². The van der Waals surface area contributed by atoms with Crippen molar-refractivity contribution in [3.05, 3.63) is 69.3 Å². The van der Waals surface area contributed by atoms with Gasteiger partial charge in [0.05, 0.1) is 17.8 Å². The van der Waals surface area contributed by atoms with Crippen LogP contribution in [0.5, 0.6) is 5.75 Å². The van der Waals surface area contributed by atoms with Crippen molar-refractivity contribution < 1.29 is 27.1 Å². The summed E-state index contributed by atoms with van der Waals surface area (Å²) in [5.74, 6) is -0.269. The second kappa shape index (κ2) is 9.48. The number of methoxy groups -OCH3 is 1. The van der Waals surface area contributed by atoms with Gasteiger partial charge in [-0.25, -0.2) is 0 Å². The molecule has 0 aliphatic carbocycles. The van der Waals surface area contributed by atoms with Crippen LogP contribution in [0.2, 0.25) is 0 Å². The number of nitro groups is 1. The number of amides is 1. The van der Waals surface area contributed by atoms with Crippen LogP contribution in [-0.4, -0.2) is 50.7 Å². The van der Waals surface area contributed by atoms with Crippen LogP contribution in [0.4, 0.5) is 5.69 Å². The van der Waals surface area contributed by atoms with Gasteiger partial charge in [0.2, 0.25) is 0 Å². The average Bonchev–Trinajstić information content (AvgIpc) is 2.63. The summed E-state index contributed by atoms with van der Waals surface area (Å²) in [6.07, 6.45) is 0.943. The summed E-state index contributed by atoms with van der Waals surface area (Å²) < 4.78 is 32.6. The van der Waals surface area contributed by atoms with Crippen LogP contribution in [0.3, 0.4) is 0 Å². The van der Waals surface area contributed by atoms with Gasteiger partial charge in [-0.1, -0.05) is 18.2 Å². The number of carbonyl (C=O) groups is 1. The topological polar surface area (TPSA) is 116 Å². The molecule has 0 radical (unpaired) electrons. The van der Waals surface area contributed by atoms with Gasteiger partial charge in [-0.15, -0.1) is 0 Å². The standard InChI is InChI=1S/C19H22N2O7S/c1-14-7-8-16(12-18(14)21(23)24)19(22)20(9-10-27-2)13-15-5-4-6-17(11-15)28-29(3,25)26/h4-8,11-12H,9-10,13H2,1-3H3. The molecule has 1 amide bonds. The molecule has 0 saturated carbocycles. The smallest absolute Gasteiger partial charge is 0.306 e. The first-order chi connectivity index (χ1) is 13.6. The van der Waals surface area contributed by atoms with Crippen LogP contribution in [0.1, 0.15) is 21.5 Å². The Morgan fingerprint density at radius 1 is 1.21 bits per heavy atom. The minimum atomic E-state index is -3.68. The third-order valence-electron chi connectivity index (χ3n) is 4.02. The van der Waals surface area contributed by atoms with Gasteiger partial charge >= 0.3 is 10.1 Å². The fourth-order valence-electron chi connectivity index (χ4n) is 2.67. The largest absolute Gasteiger partial charge is 0.383 e. The highest BCUT2D eigenvalue weighted by Gasteiger charge is 2.20. The lowest BCUT2D eigenvalue weighted by Crippen LogP contribution is -2.33. The molecular weight excluding hydrogens is 400 g/mol. The average molecular weight is 422 g/mol. The maximum atomic E-state index is 13.0. The molecule has 0 unspecified atom stereocenters. The molecule has 0 saturated heterocycles. The van der Waals surface area contributed by atoms with Crippen molar-refractivity contribution in [1.29, 1.82) is 0 Å². The van der Waals surface area contributed by atoms with Crippen molar-refractivity contribution in [3.63, 3.8) is 0 Å². The number of benzene rings is 2. The highest BCUT2D eigenvalue weighted by molar-refractivity contribution is 7.86. The van der Waals surface area contributed by atoms with Gasteiger partial charge in [-0.05, 0) is 30.7 Å². The summed E-state index contributed by atoms with van der Waals surface area (Å²) in [6.45, 7) is 2.25. The number of ether oxygens (including phenoxy) is 1. The lowest BCUT2D eigenvalue weighted by Gasteiger charge is -2.23. The maximum absolute atomic E-state index is 13.0. The molecule has 0 N–H and O–H groups in total. The number of carbonyl (C=O) groups excluding carboxylic acids is 1. The van der Waals surface area contributed by atoms with E-state index in [0.29, 0.717) is 11.1 Å². The van der Waals surface area contributed by atoms with Gasteiger partial charge in [0.25, 0.3) is 11.6 Å². The third-order valence-corrected chi connectivity index (χ3v) is 4.52. The molecule has 0 aromatic heterocycles. The van der Waals surface area contributed by atoms with Crippen molar-refractivity contribution in [1.82, 2.24) is 4.90 Å². The Balaban J connectivity index is 2.30. The first-order valence-corrected chi connectivity index (χ1v) is 10.4. The number of hydrogen-bond acceptors (Lipinski definition) is 7. The van der Waals surface area contributed by atoms with E-state index in [1.54, 1.807) is 19.1 Å². The molecule has 0 fully saturated rings. The zero-order valence-electron chi connectivity index (χ0n) is 16.3. The van der Waals surface area contributed by atoms with Gasteiger partial charge in [-0.3, -0.25) is 14.9 Å². The van der Waals surface area contributed by atoms with Crippen LogP contribution >= 0.6 is 0 Å². The summed E-state index contributed by atoms with van der Waals surface area (Å²) in [5, 5.41) is 11.2. The monoisotopic (exact) mass is 422 g/mol. The van der Waals surface area contributed by atoms with Crippen LogP contribution in [-0.2, 0) is 21.4 Å². The van der Waals surface area contributed by atoms with Crippen molar-refractivity contribution >= 4 is 21.7 Å². The molecule has 0 bridgehead atoms. The van der Waals surface area contributed by atoms with E-state index in [-0.39, 0.29) is 36.7 Å². The predicted molar refractivity (Wildman–Crippen MR) is 106 cm³/mol. The van der Waals surface area contributed by atoms with Crippen LogP contribution in [0.25, 0.3) is 0 Å². The molecule has 29 heavy (non-hydrogen) atoms. The Bertz CT molecular complexity index is 1010. The van der Waals surface area contributed by atoms with Gasteiger partial charge in [0.1, 0.15) is 5.75 Å². The van der Waals surface area contributed by atoms with Crippen molar-refractivity contribution in [2.45, 2.75) is 13.5 Å². The minimum Gasteiger partial charge on any atom is -0.383 e. The first kappa shape index (κ1) is 22.3. The molecule has 10 heteroatoms. The van der Waals surface area contributed by atoms with Crippen molar-refractivity contribution in [2.75, 3.05) is 26.5 Å². The molecule has 156 valence electrons. The third kappa shape index (κ3) is 6.54. The number of rotatable bonds is 9. The molecule has 9 nitrogen and oxygen atoms in total. The quantitative estimate of drug-likeness (QED) is 0.346. The van der Waals surface area contributed by atoms with Gasteiger partial charge in [0.15, 0.2) is 0 Å². The molecular formula is C19H22N2O7S. The van der Waals surface area contributed by atoms with Crippen LogP contribution < -0.4 is 4.18 Å². The Morgan fingerprint density at radius 3 is 2.55 bits per heavy atom. The summed E-state index contributed by atoms with van der Waals surface area (Å²) in [7, 11) is -2.18. The molecule has 0 aliphatic rings. The number of nitrogens with zero attached hydrogens (tertiary/aromatic N) is 2. The highest BCUT2D eigenvalue weighted by atomic mass is 32.2. The van der Waals surface area contributed by atoms with Crippen molar-refractivity contribution in [3.8, 4) is 5.75 Å². The van der Waals surface area contributed by atoms with E-state index < -0.39 is 20.9 Å². The van der Waals surface area contributed by atoms with E-state index in [0.717, 1.165) is 6.26 Å². The van der Waals surface area contributed by atoms with E-state index in [1.807, 2.05) is 0 Å². The first-order valence-electron chi connectivity index (χ1n) is 8.62. The Kier molecular flexibility index (Phi) is 7.29. The van der Waals surface area contributed by atoms with E-state index in [2.05, 4.69) is 0 Å². The molecule has 2 rings (SSSR count). The van der Waals surface area contributed by atoms with Gasteiger partial charge in [0, 0.05) is 37.4 Å². The molecule has 0 aliphatic heterocycles. The second-order valence-electron chi connectivity index (χ2n) is 6.41. The number of hydrogen-bond donors (Lipinski definition) is 0. The maximum Gasteiger partial charge on any atom is 0.306 e. The second-order valence-corrected chi connectivity index (χ2v) is 7.99. The lowest BCUT2D eigenvalue weighted by molar-refractivity contribution is -0.385. The molecule has 2 aromatic rings. The van der Waals surface area contributed by atoms with Crippen LogP contribution in [0, 0.1) is 17.0 Å². The van der Waals surface area contributed by atoms with E-state index in [9.17, 15) is 23.3 Å². The number of aryl methyl sites for hydroxylation is 1.